The van der Waals surface area contributed by atoms with Crippen LogP contribution < -0.4 is 11.3 Å². The molecular formula is C16H19N5OS. The first kappa shape index (κ1) is 14.6. The van der Waals surface area contributed by atoms with E-state index in [1.165, 1.54) is 11.3 Å². The highest BCUT2D eigenvalue weighted by molar-refractivity contribution is 7.22. The minimum atomic E-state index is -0.0693. The normalized spacial score (nSPS) is 21.8. The maximum absolute atomic E-state index is 12.5. The van der Waals surface area contributed by atoms with Crippen LogP contribution >= 0.6 is 11.3 Å². The van der Waals surface area contributed by atoms with E-state index in [1.807, 2.05) is 13.0 Å². The lowest BCUT2D eigenvalue weighted by Gasteiger charge is -2.27. The largest absolute Gasteiger partial charge is 0.327 e. The fourth-order valence-corrected chi connectivity index (χ4v) is 4.42. The summed E-state index contributed by atoms with van der Waals surface area (Å²) in [5, 5.41) is 6.98. The van der Waals surface area contributed by atoms with Gasteiger partial charge in [0.2, 0.25) is 0 Å². The fourth-order valence-electron chi connectivity index (χ4n) is 3.36. The monoisotopic (exact) mass is 329 g/mol. The second-order valence-electron chi connectivity index (χ2n) is 6.24. The van der Waals surface area contributed by atoms with Crippen molar-refractivity contribution in [3.8, 4) is 10.4 Å². The maximum atomic E-state index is 12.5. The Morgan fingerprint density at radius 2 is 2.17 bits per heavy atom. The summed E-state index contributed by atoms with van der Waals surface area (Å²) >= 11 is 1.45. The second kappa shape index (κ2) is 5.58. The van der Waals surface area contributed by atoms with E-state index in [9.17, 15) is 4.79 Å². The van der Waals surface area contributed by atoms with Gasteiger partial charge in [0.25, 0.3) is 5.56 Å². The molecule has 3 aromatic rings. The smallest absolute Gasteiger partial charge is 0.268 e. The van der Waals surface area contributed by atoms with Crippen LogP contribution in [0.15, 0.2) is 17.1 Å². The topological polar surface area (TPSA) is 100 Å². The van der Waals surface area contributed by atoms with Crippen molar-refractivity contribution in [2.24, 2.45) is 5.73 Å². The summed E-state index contributed by atoms with van der Waals surface area (Å²) in [5.74, 6) is 0.892. The van der Waals surface area contributed by atoms with Gasteiger partial charge in [-0.2, -0.15) is 5.10 Å². The molecule has 0 spiro atoms. The summed E-state index contributed by atoms with van der Waals surface area (Å²) in [6.45, 7) is 1.97. The Bertz CT molecular complexity index is 909. The Kier molecular flexibility index (Phi) is 3.54. The summed E-state index contributed by atoms with van der Waals surface area (Å²) < 4.78 is 0.661. The molecule has 4 rings (SSSR count). The van der Waals surface area contributed by atoms with Crippen LogP contribution in [0, 0.1) is 6.92 Å². The van der Waals surface area contributed by atoms with Crippen molar-refractivity contribution in [3.05, 3.63) is 34.1 Å². The van der Waals surface area contributed by atoms with E-state index in [0.29, 0.717) is 4.70 Å². The number of H-pyrrole nitrogens is 2. The summed E-state index contributed by atoms with van der Waals surface area (Å²) in [5.41, 5.74) is 8.92. The van der Waals surface area contributed by atoms with Gasteiger partial charge in [-0.05, 0) is 25.8 Å². The molecule has 0 aromatic carbocycles. The lowest BCUT2D eigenvalue weighted by molar-refractivity contribution is 0.373. The van der Waals surface area contributed by atoms with Gasteiger partial charge in [0, 0.05) is 28.1 Å². The van der Waals surface area contributed by atoms with Crippen LogP contribution in [-0.2, 0) is 0 Å². The number of aromatic amines is 2. The highest BCUT2D eigenvalue weighted by Gasteiger charge is 2.26. The molecule has 1 fully saturated rings. The zero-order valence-corrected chi connectivity index (χ0v) is 13.7. The Balaban J connectivity index is 1.81. The first-order chi connectivity index (χ1) is 11.1. The average molecular weight is 329 g/mol. The Morgan fingerprint density at radius 1 is 1.35 bits per heavy atom. The molecule has 1 saturated carbocycles. The number of fused-ring (bicyclic) bond motifs is 1. The molecule has 4 N–H and O–H groups in total. The third kappa shape index (κ3) is 2.49. The third-order valence-corrected chi connectivity index (χ3v) is 5.82. The summed E-state index contributed by atoms with van der Waals surface area (Å²) in [6.07, 6.45) is 6.07. The highest BCUT2D eigenvalue weighted by atomic mass is 32.1. The van der Waals surface area contributed by atoms with Gasteiger partial charge in [-0.15, -0.1) is 11.3 Å². The Morgan fingerprint density at radius 3 is 2.91 bits per heavy atom. The lowest BCUT2D eigenvalue weighted by atomic mass is 9.84. The molecule has 0 saturated heterocycles. The molecule has 23 heavy (non-hydrogen) atoms. The SMILES string of the molecule is Cc1[nH]ncc1-c1cc2nc([C@@H]3CCCC[C@@H]3N)[nH]c(=O)c2s1. The van der Waals surface area contributed by atoms with Crippen LogP contribution in [0.1, 0.15) is 43.1 Å². The number of thiophene rings is 1. The molecule has 1 aliphatic rings. The molecule has 7 heteroatoms. The van der Waals surface area contributed by atoms with Gasteiger partial charge >= 0.3 is 0 Å². The van der Waals surface area contributed by atoms with Crippen molar-refractivity contribution < 1.29 is 0 Å². The molecule has 0 bridgehead atoms. The van der Waals surface area contributed by atoms with Gasteiger partial charge in [-0.25, -0.2) is 4.98 Å². The predicted octanol–water partition coefficient (Wildman–Crippen LogP) is 2.67. The van der Waals surface area contributed by atoms with Gasteiger partial charge < -0.3 is 10.7 Å². The molecule has 3 aromatic heterocycles. The Hall–Kier alpha value is -1.99. The van der Waals surface area contributed by atoms with E-state index in [1.54, 1.807) is 6.20 Å². The molecule has 3 heterocycles. The summed E-state index contributed by atoms with van der Waals surface area (Å²) in [4.78, 5) is 21.2. The standard InChI is InChI=1S/C16H19N5OS/c1-8-10(7-18-21-8)13-6-12-14(23-13)16(22)20-15(19-12)9-4-2-3-5-11(9)17/h6-7,9,11H,2-5,17H2,1H3,(H,18,21)(H,19,20,22)/t9-,11+/m1/s1. The molecule has 6 nitrogen and oxygen atoms in total. The van der Waals surface area contributed by atoms with E-state index < -0.39 is 0 Å². The number of rotatable bonds is 2. The molecule has 0 amide bonds. The lowest BCUT2D eigenvalue weighted by Crippen LogP contribution is -2.33. The molecule has 0 unspecified atom stereocenters. The number of aromatic nitrogens is 4. The van der Waals surface area contributed by atoms with Gasteiger partial charge in [-0.3, -0.25) is 9.89 Å². The first-order valence-electron chi connectivity index (χ1n) is 7.93. The van der Waals surface area contributed by atoms with E-state index in [-0.39, 0.29) is 17.5 Å². The van der Waals surface area contributed by atoms with E-state index in [4.69, 9.17) is 10.7 Å². The molecule has 2 atom stereocenters. The van der Waals surface area contributed by atoms with Crippen molar-refractivity contribution in [1.29, 1.82) is 0 Å². The molecule has 0 aliphatic heterocycles. The maximum Gasteiger partial charge on any atom is 0.268 e. The zero-order valence-electron chi connectivity index (χ0n) is 12.9. The summed E-state index contributed by atoms with van der Waals surface area (Å²) in [6, 6.07) is 2.06. The van der Waals surface area contributed by atoms with Crippen LogP contribution in [0.25, 0.3) is 20.7 Å². The number of hydrogen-bond acceptors (Lipinski definition) is 5. The van der Waals surface area contributed by atoms with Crippen LogP contribution in [0.5, 0.6) is 0 Å². The average Bonchev–Trinajstić information content (AvgIpc) is 3.13. The van der Waals surface area contributed by atoms with Crippen LogP contribution in [0.2, 0.25) is 0 Å². The number of nitrogens with zero attached hydrogens (tertiary/aromatic N) is 2. The first-order valence-corrected chi connectivity index (χ1v) is 8.75. The van der Waals surface area contributed by atoms with Crippen molar-refractivity contribution in [2.75, 3.05) is 0 Å². The number of nitrogens with two attached hydrogens (primary N) is 1. The second-order valence-corrected chi connectivity index (χ2v) is 7.29. The van der Waals surface area contributed by atoms with Crippen LogP contribution in [-0.4, -0.2) is 26.2 Å². The Labute approximate surface area is 137 Å². The quantitative estimate of drug-likeness (QED) is 0.673. The van der Waals surface area contributed by atoms with E-state index in [0.717, 1.165) is 53.2 Å². The van der Waals surface area contributed by atoms with Gasteiger partial charge in [0.15, 0.2) is 0 Å². The fraction of sp³-hybridized carbons (Fsp3) is 0.438. The molecular weight excluding hydrogens is 310 g/mol. The predicted molar refractivity (Wildman–Crippen MR) is 91.7 cm³/mol. The number of nitrogens with one attached hydrogen (secondary N) is 2. The van der Waals surface area contributed by atoms with Gasteiger partial charge in [0.1, 0.15) is 10.5 Å². The van der Waals surface area contributed by atoms with Crippen molar-refractivity contribution in [1.82, 2.24) is 20.2 Å². The number of aryl methyl sites for hydroxylation is 1. The minimum Gasteiger partial charge on any atom is -0.327 e. The van der Waals surface area contributed by atoms with Crippen molar-refractivity contribution in [3.63, 3.8) is 0 Å². The van der Waals surface area contributed by atoms with Crippen LogP contribution in [0.3, 0.4) is 0 Å². The minimum absolute atomic E-state index is 0.0693. The van der Waals surface area contributed by atoms with Crippen molar-refractivity contribution >= 4 is 21.6 Å². The van der Waals surface area contributed by atoms with E-state index >= 15 is 0 Å². The van der Waals surface area contributed by atoms with E-state index in [2.05, 4.69) is 15.2 Å². The number of hydrogen-bond donors (Lipinski definition) is 3. The third-order valence-electron chi connectivity index (χ3n) is 4.67. The molecule has 1 aliphatic carbocycles. The highest BCUT2D eigenvalue weighted by Crippen LogP contribution is 2.34. The molecule has 120 valence electrons. The molecule has 0 radical (unpaired) electrons. The van der Waals surface area contributed by atoms with Crippen LogP contribution in [0.4, 0.5) is 0 Å². The van der Waals surface area contributed by atoms with Gasteiger partial charge in [-0.1, -0.05) is 12.8 Å². The van der Waals surface area contributed by atoms with Crippen molar-refractivity contribution in [2.45, 2.75) is 44.6 Å². The summed E-state index contributed by atoms with van der Waals surface area (Å²) in [7, 11) is 0. The zero-order chi connectivity index (χ0) is 16.0. The van der Waals surface area contributed by atoms with Gasteiger partial charge in [0.05, 0.1) is 11.7 Å².